The molecule has 0 saturated carbocycles. The molecule has 2 aliphatic rings. The number of thioether (sulfide) groups is 1. The summed E-state index contributed by atoms with van der Waals surface area (Å²) in [6, 6.07) is 7.63. The Morgan fingerprint density at radius 1 is 1.40 bits per heavy atom. The first-order valence-corrected chi connectivity index (χ1v) is 8.01. The van der Waals surface area contributed by atoms with Crippen molar-refractivity contribution < 1.29 is 9.84 Å². The number of amidine groups is 1. The maximum Gasteiger partial charge on any atom is 0.183 e. The van der Waals surface area contributed by atoms with Crippen molar-refractivity contribution in [1.82, 2.24) is 4.90 Å². The van der Waals surface area contributed by atoms with Crippen molar-refractivity contribution in [2.45, 2.75) is 12.1 Å². The molecule has 1 saturated heterocycles. The van der Waals surface area contributed by atoms with Crippen molar-refractivity contribution in [3.8, 4) is 5.75 Å². The highest BCUT2D eigenvalue weighted by molar-refractivity contribution is 9.10. The van der Waals surface area contributed by atoms with Crippen molar-refractivity contribution in [1.29, 1.82) is 0 Å². The lowest BCUT2D eigenvalue weighted by atomic mass is 10.2. The van der Waals surface area contributed by atoms with Gasteiger partial charge in [-0.15, -0.1) is 12.4 Å². The molecule has 0 aliphatic carbocycles. The minimum atomic E-state index is -0.934. The number of nitrogens with zero attached hydrogens (tertiary/aromatic N) is 2. The lowest BCUT2D eigenvalue weighted by Gasteiger charge is -2.35. The summed E-state index contributed by atoms with van der Waals surface area (Å²) in [7, 11) is 0. The smallest absolute Gasteiger partial charge is 0.183 e. The van der Waals surface area contributed by atoms with Crippen molar-refractivity contribution in [2.75, 3.05) is 25.4 Å². The fraction of sp³-hybridized carbons (Fsp3) is 0.462. The summed E-state index contributed by atoms with van der Waals surface area (Å²) in [5.41, 5.74) is -0.934. The Bertz CT molecular complexity index is 500. The van der Waals surface area contributed by atoms with Crippen molar-refractivity contribution in [2.24, 2.45) is 4.99 Å². The van der Waals surface area contributed by atoms with Crippen LogP contribution in [0.2, 0.25) is 0 Å². The highest BCUT2D eigenvalue weighted by Crippen LogP contribution is 2.33. The van der Waals surface area contributed by atoms with Crippen LogP contribution in [0.1, 0.15) is 6.42 Å². The van der Waals surface area contributed by atoms with E-state index in [1.165, 1.54) is 0 Å². The summed E-state index contributed by atoms with van der Waals surface area (Å²) in [4.78, 5) is 6.41. The number of halogens is 2. The summed E-state index contributed by atoms with van der Waals surface area (Å²) in [6.07, 6.45) is 0.991. The molecule has 0 spiro atoms. The lowest BCUT2D eigenvalue weighted by molar-refractivity contribution is -0.0751. The van der Waals surface area contributed by atoms with Crippen LogP contribution in [0.25, 0.3) is 0 Å². The number of rotatable bonds is 3. The third-order valence-electron chi connectivity index (χ3n) is 3.24. The maximum atomic E-state index is 10.7. The Balaban J connectivity index is 0.00000147. The van der Waals surface area contributed by atoms with E-state index in [1.54, 1.807) is 11.8 Å². The molecule has 0 radical (unpaired) electrons. The third-order valence-corrected chi connectivity index (χ3v) is 4.98. The van der Waals surface area contributed by atoms with Crippen molar-refractivity contribution >= 4 is 45.3 Å². The Kier molecular flexibility index (Phi) is 5.23. The van der Waals surface area contributed by atoms with E-state index in [9.17, 15) is 5.11 Å². The minimum Gasteiger partial charge on any atom is -0.489 e. The second kappa shape index (κ2) is 6.56. The molecule has 1 N–H and O–H groups in total. The van der Waals surface area contributed by atoms with Gasteiger partial charge in [-0.1, -0.05) is 27.7 Å². The predicted molar refractivity (Wildman–Crippen MR) is 87.9 cm³/mol. The van der Waals surface area contributed by atoms with Crippen LogP contribution in [0, 0.1) is 0 Å². The molecule has 1 unspecified atom stereocenters. The van der Waals surface area contributed by atoms with Gasteiger partial charge in [0.05, 0.1) is 5.75 Å². The Morgan fingerprint density at radius 3 is 2.90 bits per heavy atom. The molecule has 1 atom stereocenters. The average Bonchev–Trinajstić information content (AvgIpc) is 2.77. The molecule has 0 bridgehead atoms. The summed E-state index contributed by atoms with van der Waals surface area (Å²) >= 11 is 5.00. The van der Waals surface area contributed by atoms with Gasteiger partial charge in [-0.3, -0.25) is 4.99 Å². The first kappa shape index (κ1) is 15.9. The maximum absolute atomic E-state index is 10.7. The van der Waals surface area contributed by atoms with E-state index in [-0.39, 0.29) is 19.0 Å². The van der Waals surface area contributed by atoms with Gasteiger partial charge in [0.25, 0.3) is 0 Å². The summed E-state index contributed by atoms with van der Waals surface area (Å²) < 4.78 is 6.73. The van der Waals surface area contributed by atoms with E-state index < -0.39 is 5.72 Å². The van der Waals surface area contributed by atoms with Crippen LogP contribution in [0.15, 0.2) is 33.7 Å². The van der Waals surface area contributed by atoms with Gasteiger partial charge in [-0.05, 0) is 30.7 Å². The van der Waals surface area contributed by atoms with E-state index >= 15 is 0 Å². The number of fused-ring (bicyclic) bond motifs is 1. The molecular weight excluding hydrogens is 364 g/mol. The topological polar surface area (TPSA) is 45.1 Å². The molecule has 4 nitrogen and oxygen atoms in total. The van der Waals surface area contributed by atoms with Gasteiger partial charge in [-0.25, -0.2) is 0 Å². The van der Waals surface area contributed by atoms with Gasteiger partial charge >= 0.3 is 0 Å². The summed E-state index contributed by atoms with van der Waals surface area (Å²) in [5, 5.41) is 11.6. The molecule has 20 heavy (non-hydrogen) atoms. The molecule has 2 heterocycles. The number of hydrogen-bond acceptors (Lipinski definition) is 5. The molecule has 1 fully saturated rings. The van der Waals surface area contributed by atoms with Crippen LogP contribution in [-0.4, -0.2) is 46.3 Å². The molecule has 7 heteroatoms. The predicted octanol–water partition coefficient (Wildman–Crippen LogP) is 2.75. The van der Waals surface area contributed by atoms with E-state index in [4.69, 9.17) is 4.74 Å². The fourth-order valence-corrected chi connectivity index (χ4v) is 3.66. The molecule has 3 rings (SSSR count). The zero-order valence-electron chi connectivity index (χ0n) is 10.8. The summed E-state index contributed by atoms with van der Waals surface area (Å²) in [5.74, 6) is 1.38. The number of hydrogen-bond donors (Lipinski definition) is 1. The van der Waals surface area contributed by atoms with Crippen LogP contribution in [-0.2, 0) is 0 Å². The molecule has 1 aromatic carbocycles. The van der Waals surface area contributed by atoms with Crippen LogP contribution >= 0.6 is 40.1 Å². The van der Waals surface area contributed by atoms with E-state index in [2.05, 4.69) is 20.9 Å². The quantitative estimate of drug-likeness (QED) is 0.877. The van der Waals surface area contributed by atoms with Gasteiger partial charge in [-0.2, -0.15) is 0 Å². The van der Waals surface area contributed by atoms with Crippen LogP contribution in [0.3, 0.4) is 0 Å². The molecule has 0 amide bonds. The minimum absolute atomic E-state index is 0. The second-order valence-electron chi connectivity index (χ2n) is 4.68. The molecular formula is C13H16BrClN2O2S. The monoisotopic (exact) mass is 378 g/mol. The van der Waals surface area contributed by atoms with Crippen molar-refractivity contribution in [3.63, 3.8) is 0 Å². The van der Waals surface area contributed by atoms with Gasteiger partial charge in [0.1, 0.15) is 12.4 Å². The Hall–Kier alpha value is -0.430. The highest BCUT2D eigenvalue weighted by atomic mass is 79.9. The number of benzene rings is 1. The van der Waals surface area contributed by atoms with E-state index in [0.29, 0.717) is 5.75 Å². The lowest BCUT2D eigenvalue weighted by Crippen LogP contribution is -2.53. The highest BCUT2D eigenvalue weighted by Gasteiger charge is 2.44. The molecule has 0 aromatic heterocycles. The van der Waals surface area contributed by atoms with Crippen LogP contribution in [0.5, 0.6) is 5.75 Å². The van der Waals surface area contributed by atoms with Crippen LogP contribution < -0.4 is 4.74 Å². The molecule has 110 valence electrons. The normalized spacial score (nSPS) is 24.7. The zero-order valence-corrected chi connectivity index (χ0v) is 14.0. The number of aliphatic imine (C=N–C) groups is 1. The SMILES string of the molecule is Cl.OC1(COc2ccc(Br)cc2)CSC2=NCCCN21. The average molecular weight is 380 g/mol. The number of aliphatic hydroxyl groups is 1. The largest absolute Gasteiger partial charge is 0.489 e. The van der Waals surface area contributed by atoms with Gasteiger partial charge in [0.15, 0.2) is 10.9 Å². The fourth-order valence-electron chi connectivity index (χ4n) is 2.20. The standard InChI is InChI=1S/C13H15BrN2O2S.ClH/c14-10-2-4-11(5-3-10)18-8-13(17)9-19-12-15-6-1-7-16(12)13;/h2-5,17H,1,6-9H2;1H. The first-order chi connectivity index (χ1) is 9.17. The molecule has 1 aromatic rings. The number of ether oxygens (including phenoxy) is 1. The third kappa shape index (κ3) is 3.24. The summed E-state index contributed by atoms with van der Waals surface area (Å²) in [6.45, 7) is 1.98. The first-order valence-electron chi connectivity index (χ1n) is 6.23. The van der Waals surface area contributed by atoms with Gasteiger partial charge < -0.3 is 14.7 Å². The van der Waals surface area contributed by atoms with E-state index in [0.717, 1.165) is 34.9 Å². The van der Waals surface area contributed by atoms with E-state index in [1.807, 2.05) is 29.2 Å². The Labute approximate surface area is 137 Å². The van der Waals surface area contributed by atoms with Gasteiger partial charge in [0, 0.05) is 17.6 Å². The zero-order chi connectivity index (χ0) is 13.3. The van der Waals surface area contributed by atoms with Crippen molar-refractivity contribution in [3.05, 3.63) is 28.7 Å². The second-order valence-corrected chi connectivity index (χ2v) is 6.54. The van der Waals surface area contributed by atoms with Gasteiger partial charge in [0.2, 0.25) is 0 Å². The Morgan fingerprint density at radius 2 is 2.15 bits per heavy atom. The van der Waals surface area contributed by atoms with Crippen LogP contribution in [0.4, 0.5) is 0 Å². The molecule has 2 aliphatic heterocycles.